The highest BCUT2D eigenvalue weighted by Crippen LogP contribution is 2.23. The molecule has 0 saturated carbocycles. The second-order valence-electron chi connectivity index (χ2n) is 4.98. The number of nitrogens with one attached hydrogen (secondary N) is 1. The van der Waals surface area contributed by atoms with Crippen molar-refractivity contribution in [2.75, 3.05) is 6.54 Å². The van der Waals surface area contributed by atoms with Crippen LogP contribution in [0, 0.1) is 17.0 Å². The van der Waals surface area contributed by atoms with Crippen LogP contribution in [0.2, 0.25) is 0 Å². The Hall–Kier alpha value is -1.66. The van der Waals surface area contributed by atoms with Crippen molar-refractivity contribution < 1.29 is 9.72 Å². The molecule has 1 amide bonds. The molecule has 0 unspecified atom stereocenters. The Bertz CT molecular complexity index is 516. The van der Waals surface area contributed by atoms with Crippen LogP contribution in [0.1, 0.15) is 42.6 Å². The number of hydrogen-bond acceptors (Lipinski definition) is 4. The van der Waals surface area contributed by atoms with Gasteiger partial charge in [0.15, 0.2) is 0 Å². The Labute approximate surface area is 130 Å². The first kappa shape index (κ1) is 19.3. The van der Waals surface area contributed by atoms with Crippen LogP contribution in [0.3, 0.4) is 0 Å². The first-order valence-corrected chi connectivity index (χ1v) is 6.65. The topological polar surface area (TPSA) is 98.3 Å². The van der Waals surface area contributed by atoms with Crippen LogP contribution >= 0.6 is 12.4 Å². The fourth-order valence-electron chi connectivity index (χ4n) is 1.94. The van der Waals surface area contributed by atoms with E-state index < -0.39 is 16.4 Å². The number of para-hydroxylation sites is 1. The van der Waals surface area contributed by atoms with Gasteiger partial charge in [-0.05, 0) is 25.8 Å². The second-order valence-corrected chi connectivity index (χ2v) is 4.98. The van der Waals surface area contributed by atoms with E-state index in [0.29, 0.717) is 12.1 Å². The molecule has 0 aromatic heterocycles. The second kappa shape index (κ2) is 7.95. The maximum atomic E-state index is 12.1. The molecule has 0 fully saturated rings. The smallest absolute Gasteiger partial charge is 0.285 e. The summed E-state index contributed by atoms with van der Waals surface area (Å²) in [4.78, 5) is 22.7. The minimum absolute atomic E-state index is 0. The van der Waals surface area contributed by atoms with Crippen molar-refractivity contribution in [1.29, 1.82) is 0 Å². The Morgan fingerprint density at radius 3 is 2.43 bits per heavy atom. The van der Waals surface area contributed by atoms with E-state index in [0.717, 1.165) is 12.8 Å². The fourth-order valence-corrected chi connectivity index (χ4v) is 1.94. The first-order chi connectivity index (χ1) is 9.34. The van der Waals surface area contributed by atoms with E-state index in [1.165, 1.54) is 6.07 Å². The van der Waals surface area contributed by atoms with Crippen molar-refractivity contribution in [3.05, 3.63) is 39.4 Å². The third kappa shape index (κ3) is 4.68. The summed E-state index contributed by atoms with van der Waals surface area (Å²) < 4.78 is 0. The zero-order valence-corrected chi connectivity index (χ0v) is 13.3. The lowest BCUT2D eigenvalue weighted by Crippen LogP contribution is -2.49. The third-order valence-corrected chi connectivity index (χ3v) is 3.67. The molecule has 1 aromatic carbocycles. The molecule has 6 nitrogen and oxygen atoms in total. The molecule has 0 atom stereocenters. The number of halogens is 1. The average molecular weight is 316 g/mol. The maximum Gasteiger partial charge on any atom is 0.285 e. The molecular weight excluding hydrogens is 294 g/mol. The molecule has 1 aromatic rings. The fraction of sp³-hybridized carbons (Fsp3) is 0.500. The monoisotopic (exact) mass is 315 g/mol. The standard InChI is InChI=1S/C14H21N3O3.ClH/c1-4-14(15,5-2)9-16-13(18)11-8-6-7-10(3)12(11)17(19)20;/h6-8H,4-5,9,15H2,1-3H3,(H,16,18);1H. The Kier molecular flexibility index (Phi) is 7.32. The third-order valence-electron chi connectivity index (χ3n) is 3.67. The van der Waals surface area contributed by atoms with Crippen molar-refractivity contribution in [3.63, 3.8) is 0 Å². The van der Waals surface area contributed by atoms with Crippen LogP contribution in [-0.2, 0) is 0 Å². The van der Waals surface area contributed by atoms with Crippen molar-refractivity contribution in [2.24, 2.45) is 5.73 Å². The molecule has 21 heavy (non-hydrogen) atoms. The number of carbonyl (C=O) groups is 1. The molecule has 0 spiro atoms. The number of amides is 1. The summed E-state index contributed by atoms with van der Waals surface area (Å²) in [5.74, 6) is -0.461. The van der Waals surface area contributed by atoms with E-state index in [1.807, 2.05) is 13.8 Å². The lowest BCUT2D eigenvalue weighted by molar-refractivity contribution is -0.385. The van der Waals surface area contributed by atoms with Gasteiger partial charge in [-0.1, -0.05) is 26.0 Å². The van der Waals surface area contributed by atoms with Gasteiger partial charge in [0.25, 0.3) is 11.6 Å². The number of hydrogen-bond donors (Lipinski definition) is 2. The predicted molar refractivity (Wildman–Crippen MR) is 84.9 cm³/mol. The SMILES string of the molecule is CCC(N)(CC)CNC(=O)c1cccc(C)c1[N+](=O)[O-].Cl. The molecule has 118 valence electrons. The largest absolute Gasteiger partial charge is 0.350 e. The van der Waals surface area contributed by atoms with Gasteiger partial charge >= 0.3 is 0 Å². The number of benzene rings is 1. The number of nitrogens with two attached hydrogens (primary N) is 1. The number of nitro groups is 1. The molecule has 0 heterocycles. The van der Waals surface area contributed by atoms with Crippen molar-refractivity contribution in [1.82, 2.24) is 5.32 Å². The number of nitrogens with zero attached hydrogens (tertiary/aromatic N) is 1. The predicted octanol–water partition coefficient (Wildman–Crippen LogP) is 2.57. The van der Waals surface area contributed by atoms with Crippen molar-refractivity contribution in [2.45, 2.75) is 39.2 Å². The van der Waals surface area contributed by atoms with Crippen LogP contribution in [-0.4, -0.2) is 22.9 Å². The van der Waals surface area contributed by atoms with Gasteiger partial charge in [0, 0.05) is 17.6 Å². The molecule has 0 bridgehead atoms. The first-order valence-electron chi connectivity index (χ1n) is 6.65. The molecule has 0 aliphatic rings. The highest BCUT2D eigenvalue weighted by atomic mass is 35.5. The zero-order chi connectivity index (χ0) is 15.3. The van der Waals surface area contributed by atoms with Gasteiger partial charge in [0.1, 0.15) is 5.56 Å². The van der Waals surface area contributed by atoms with Crippen molar-refractivity contribution in [3.8, 4) is 0 Å². The van der Waals surface area contributed by atoms with Crippen LogP contribution in [0.4, 0.5) is 5.69 Å². The van der Waals surface area contributed by atoms with Gasteiger partial charge < -0.3 is 11.1 Å². The van der Waals surface area contributed by atoms with Gasteiger partial charge in [-0.15, -0.1) is 12.4 Å². The Morgan fingerprint density at radius 2 is 1.95 bits per heavy atom. The molecule has 0 radical (unpaired) electrons. The van der Waals surface area contributed by atoms with E-state index in [4.69, 9.17) is 5.73 Å². The summed E-state index contributed by atoms with van der Waals surface area (Å²) in [6.07, 6.45) is 1.44. The Balaban J connectivity index is 0.00000400. The summed E-state index contributed by atoms with van der Waals surface area (Å²) in [5, 5.41) is 13.8. The lowest BCUT2D eigenvalue weighted by Gasteiger charge is -2.26. The number of rotatable bonds is 6. The number of aryl methyl sites for hydroxylation is 1. The normalized spacial score (nSPS) is 10.7. The number of nitro benzene ring substituents is 1. The summed E-state index contributed by atoms with van der Waals surface area (Å²) in [6, 6.07) is 4.70. The van der Waals surface area contributed by atoms with E-state index in [1.54, 1.807) is 19.1 Å². The van der Waals surface area contributed by atoms with E-state index in [2.05, 4.69) is 5.32 Å². The molecule has 7 heteroatoms. The molecule has 0 saturated heterocycles. The van der Waals surface area contributed by atoms with Crippen LogP contribution < -0.4 is 11.1 Å². The molecule has 0 aliphatic heterocycles. The number of carbonyl (C=O) groups excluding carboxylic acids is 1. The van der Waals surface area contributed by atoms with Crippen LogP contribution in [0.5, 0.6) is 0 Å². The highest BCUT2D eigenvalue weighted by molar-refractivity contribution is 5.98. The maximum absolute atomic E-state index is 12.1. The van der Waals surface area contributed by atoms with Gasteiger partial charge in [0.2, 0.25) is 0 Å². The molecule has 1 rings (SSSR count). The van der Waals surface area contributed by atoms with Gasteiger partial charge in [-0.25, -0.2) is 0 Å². The Morgan fingerprint density at radius 1 is 1.38 bits per heavy atom. The summed E-state index contributed by atoms with van der Waals surface area (Å²) in [6.45, 7) is 5.81. The lowest BCUT2D eigenvalue weighted by atomic mass is 9.94. The van der Waals surface area contributed by atoms with E-state index in [-0.39, 0.29) is 23.7 Å². The van der Waals surface area contributed by atoms with Gasteiger partial charge in [0.05, 0.1) is 4.92 Å². The summed E-state index contributed by atoms with van der Waals surface area (Å²) in [5.41, 5.74) is 6.01. The summed E-state index contributed by atoms with van der Waals surface area (Å²) >= 11 is 0. The zero-order valence-electron chi connectivity index (χ0n) is 12.5. The van der Waals surface area contributed by atoms with Crippen LogP contribution in [0.25, 0.3) is 0 Å². The van der Waals surface area contributed by atoms with Crippen molar-refractivity contribution >= 4 is 24.0 Å². The molecule has 3 N–H and O–H groups in total. The minimum atomic E-state index is -0.528. The molecule has 0 aliphatic carbocycles. The van der Waals surface area contributed by atoms with E-state index in [9.17, 15) is 14.9 Å². The summed E-state index contributed by atoms with van der Waals surface area (Å²) in [7, 11) is 0. The molecular formula is C14H22ClN3O3. The van der Waals surface area contributed by atoms with Gasteiger partial charge in [-0.3, -0.25) is 14.9 Å². The van der Waals surface area contributed by atoms with Gasteiger partial charge in [-0.2, -0.15) is 0 Å². The van der Waals surface area contributed by atoms with E-state index >= 15 is 0 Å². The average Bonchev–Trinajstić information content (AvgIpc) is 2.43. The van der Waals surface area contributed by atoms with Crippen LogP contribution in [0.15, 0.2) is 18.2 Å². The minimum Gasteiger partial charge on any atom is -0.350 e. The quantitative estimate of drug-likeness (QED) is 0.622. The highest BCUT2D eigenvalue weighted by Gasteiger charge is 2.25.